The SMILES string of the molecule is Cc1ccc(C2C(C#N)=C(N)N(c3cccc([N+](=O)[O-])c3)C3=C2C(=O)CCC3)c(C)c1. The normalized spacial score (nSPS) is 18.7. The number of nitriles is 1. The summed E-state index contributed by atoms with van der Waals surface area (Å²) in [5.41, 5.74) is 11.4. The van der Waals surface area contributed by atoms with Crippen LogP contribution in [0.15, 0.2) is 65.1 Å². The number of anilines is 1. The second kappa shape index (κ2) is 7.73. The van der Waals surface area contributed by atoms with Crippen molar-refractivity contribution in [3.63, 3.8) is 0 Å². The lowest BCUT2D eigenvalue weighted by Gasteiger charge is -2.40. The van der Waals surface area contributed by atoms with Gasteiger partial charge in [0, 0.05) is 29.8 Å². The summed E-state index contributed by atoms with van der Waals surface area (Å²) in [5, 5.41) is 21.4. The number of nitro groups is 1. The van der Waals surface area contributed by atoms with Gasteiger partial charge in [0.15, 0.2) is 5.78 Å². The van der Waals surface area contributed by atoms with Gasteiger partial charge in [0.05, 0.1) is 28.2 Å². The molecule has 2 N–H and O–H groups in total. The maximum absolute atomic E-state index is 13.1. The van der Waals surface area contributed by atoms with Crippen LogP contribution in [0.5, 0.6) is 0 Å². The predicted octanol–water partition coefficient (Wildman–Crippen LogP) is 4.52. The number of nitro benzene ring substituents is 1. The Balaban J connectivity index is 1.98. The van der Waals surface area contributed by atoms with E-state index in [1.165, 1.54) is 12.1 Å². The molecule has 156 valence electrons. The summed E-state index contributed by atoms with van der Waals surface area (Å²) >= 11 is 0. The van der Waals surface area contributed by atoms with E-state index in [-0.39, 0.29) is 22.9 Å². The molecule has 1 unspecified atom stereocenters. The lowest BCUT2D eigenvalue weighted by molar-refractivity contribution is -0.384. The molecule has 4 rings (SSSR count). The molecule has 0 saturated carbocycles. The molecular formula is C24H22N4O3. The minimum atomic E-state index is -0.539. The molecule has 1 aliphatic heterocycles. The molecule has 2 aliphatic rings. The number of nitrogens with zero attached hydrogens (tertiary/aromatic N) is 3. The monoisotopic (exact) mass is 414 g/mol. The molecule has 31 heavy (non-hydrogen) atoms. The second-order valence-electron chi connectivity index (χ2n) is 7.95. The van der Waals surface area contributed by atoms with Crippen molar-refractivity contribution in [2.45, 2.75) is 39.0 Å². The summed E-state index contributed by atoms with van der Waals surface area (Å²) in [6.45, 7) is 3.96. The van der Waals surface area contributed by atoms with E-state index in [4.69, 9.17) is 5.73 Å². The highest BCUT2D eigenvalue weighted by Gasteiger charge is 2.40. The average molecular weight is 414 g/mol. The summed E-state index contributed by atoms with van der Waals surface area (Å²) in [4.78, 5) is 25.6. The molecule has 2 aromatic carbocycles. The summed E-state index contributed by atoms with van der Waals surface area (Å²) < 4.78 is 0. The average Bonchev–Trinajstić information content (AvgIpc) is 2.73. The first-order chi connectivity index (χ1) is 14.8. The molecular weight excluding hydrogens is 392 g/mol. The number of allylic oxidation sites excluding steroid dienone is 3. The summed E-state index contributed by atoms with van der Waals surface area (Å²) in [7, 11) is 0. The minimum Gasteiger partial charge on any atom is -0.384 e. The van der Waals surface area contributed by atoms with Crippen LogP contribution in [0.2, 0.25) is 0 Å². The fourth-order valence-electron chi connectivity index (χ4n) is 4.59. The van der Waals surface area contributed by atoms with Crippen LogP contribution in [0, 0.1) is 35.3 Å². The van der Waals surface area contributed by atoms with Gasteiger partial charge in [-0.05, 0) is 43.9 Å². The molecule has 0 fully saturated rings. The van der Waals surface area contributed by atoms with E-state index < -0.39 is 10.8 Å². The van der Waals surface area contributed by atoms with Crippen LogP contribution in [0.25, 0.3) is 0 Å². The van der Waals surface area contributed by atoms with E-state index >= 15 is 0 Å². The molecule has 0 spiro atoms. The number of benzene rings is 2. The van der Waals surface area contributed by atoms with Crippen LogP contribution >= 0.6 is 0 Å². The van der Waals surface area contributed by atoms with Crippen LogP contribution in [0.4, 0.5) is 11.4 Å². The molecule has 0 amide bonds. The zero-order chi connectivity index (χ0) is 22.3. The Morgan fingerprint density at radius 1 is 1.19 bits per heavy atom. The van der Waals surface area contributed by atoms with Crippen LogP contribution in [-0.2, 0) is 4.79 Å². The lowest BCUT2D eigenvalue weighted by Crippen LogP contribution is -2.38. The molecule has 0 radical (unpaired) electrons. The Labute approximate surface area is 180 Å². The first kappa shape index (κ1) is 20.4. The Morgan fingerprint density at radius 3 is 2.65 bits per heavy atom. The maximum atomic E-state index is 13.1. The topological polar surface area (TPSA) is 113 Å². The van der Waals surface area contributed by atoms with E-state index in [1.54, 1.807) is 17.0 Å². The number of hydrogen-bond donors (Lipinski definition) is 1. The van der Waals surface area contributed by atoms with Crippen molar-refractivity contribution in [1.29, 1.82) is 5.26 Å². The third-order valence-corrected chi connectivity index (χ3v) is 5.95. The predicted molar refractivity (Wildman–Crippen MR) is 117 cm³/mol. The molecule has 1 aliphatic carbocycles. The van der Waals surface area contributed by atoms with Crippen molar-refractivity contribution in [2.75, 3.05) is 4.90 Å². The van der Waals surface area contributed by atoms with E-state index in [9.17, 15) is 20.2 Å². The van der Waals surface area contributed by atoms with Gasteiger partial charge in [-0.3, -0.25) is 19.8 Å². The van der Waals surface area contributed by atoms with E-state index in [1.807, 2.05) is 32.0 Å². The number of non-ortho nitro benzene ring substituents is 1. The van der Waals surface area contributed by atoms with Crippen molar-refractivity contribution in [2.24, 2.45) is 5.73 Å². The fourth-order valence-corrected chi connectivity index (χ4v) is 4.59. The van der Waals surface area contributed by atoms with Crippen molar-refractivity contribution in [1.82, 2.24) is 0 Å². The smallest absolute Gasteiger partial charge is 0.271 e. The van der Waals surface area contributed by atoms with E-state index in [2.05, 4.69) is 6.07 Å². The lowest BCUT2D eigenvalue weighted by atomic mass is 9.74. The largest absolute Gasteiger partial charge is 0.384 e. The van der Waals surface area contributed by atoms with Gasteiger partial charge in [0.2, 0.25) is 0 Å². The summed E-state index contributed by atoms with van der Waals surface area (Å²) in [6.07, 6.45) is 1.67. The van der Waals surface area contributed by atoms with Gasteiger partial charge >= 0.3 is 0 Å². The Hall–Kier alpha value is -3.92. The number of carbonyl (C=O) groups excluding carboxylic acids is 1. The Bertz CT molecular complexity index is 1220. The number of rotatable bonds is 3. The molecule has 1 atom stereocenters. The zero-order valence-electron chi connectivity index (χ0n) is 17.4. The van der Waals surface area contributed by atoms with Crippen molar-refractivity contribution >= 4 is 17.2 Å². The Kier molecular flexibility index (Phi) is 5.07. The number of Topliss-reactive ketones (excluding diaryl/α,β-unsaturated/α-hetero) is 1. The van der Waals surface area contributed by atoms with Crippen LogP contribution in [0.3, 0.4) is 0 Å². The molecule has 1 heterocycles. The summed E-state index contributed by atoms with van der Waals surface area (Å²) in [6, 6.07) is 14.3. The highest BCUT2D eigenvalue weighted by Crippen LogP contribution is 2.47. The molecule has 7 nitrogen and oxygen atoms in total. The molecule has 0 aromatic heterocycles. The molecule has 2 aromatic rings. The molecule has 7 heteroatoms. The highest BCUT2D eigenvalue weighted by atomic mass is 16.6. The fraction of sp³-hybridized carbons (Fsp3) is 0.250. The van der Waals surface area contributed by atoms with Gasteiger partial charge in [-0.2, -0.15) is 5.26 Å². The number of nitrogens with two attached hydrogens (primary N) is 1. The number of hydrogen-bond acceptors (Lipinski definition) is 6. The first-order valence-corrected chi connectivity index (χ1v) is 10.1. The maximum Gasteiger partial charge on any atom is 0.271 e. The van der Waals surface area contributed by atoms with Gasteiger partial charge in [-0.15, -0.1) is 0 Å². The van der Waals surface area contributed by atoms with Crippen LogP contribution in [-0.4, -0.2) is 10.7 Å². The van der Waals surface area contributed by atoms with Gasteiger partial charge < -0.3 is 5.73 Å². The minimum absolute atomic E-state index is 0.0121. The second-order valence-corrected chi connectivity index (χ2v) is 7.95. The van der Waals surface area contributed by atoms with Gasteiger partial charge in [0.1, 0.15) is 5.82 Å². The van der Waals surface area contributed by atoms with Gasteiger partial charge in [-0.1, -0.05) is 29.8 Å². The van der Waals surface area contributed by atoms with Gasteiger partial charge in [0.25, 0.3) is 5.69 Å². The third kappa shape index (κ3) is 3.36. The standard InChI is InChI=1S/C24H22N4O3/c1-14-9-10-18(15(2)11-14)22-19(13-25)24(26)27(20-7-4-8-21(29)23(20)22)16-5-3-6-17(12-16)28(30)31/h3,5-6,9-12,22H,4,7-8,26H2,1-2H3. The number of ketones is 1. The highest BCUT2D eigenvalue weighted by molar-refractivity contribution is 6.01. The van der Waals surface area contributed by atoms with Crippen molar-refractivity contribution in [3.05, 3.63) is 91.9 Å². The van der Waals surface area contributed by atoms with Crippen LogP contribution < -0.4 is 10.6 Å². The molecule has 0 bridgehead atoms. The quantitative estimate of drug-likeness (QED) is 0.584. The van der Waals surface area contributed by atoms with Crippen molar-refractivity contribution in [3.8, 4) is 6.07 Å². The number of carbonyl (C=O) groups is 1. The first-order valence-electron chi connectivity index (χ1n) is 10.1. The van der Waals surface area contributed by atoms with Gasteiger partial charge in [-0.25, -0.2) is 0 Å². The van der Waals surface area contributed by atoms with E-state index in [0.717, 1.165) is 22.4 Å². The molecule has 0 saturated heterocycles. The third-order valence-electron chi connectivity index (χ3n) is 5.95. The summed E-state index contributed by atoms with van der Waals surface area (Å²) in [5.74, 6) is -0.341. The van der Waals surface area contributed by atoms with E-state index in [0.29, 0.717) is 30.5 Å². The zero-order valence-corrected chi connectivity index (χ0v) is 17.4. The van der Waals surface area contributed by atoms with Crippen LogP contribution in [0.1, 0.15) is 41.9 Å². The van der Waals surface area contributed by atoms with Crippen molar-refractivity contribution < 1.29 is 9.72 Å². The Morgan fingerprint density at radius 2 is 1.97 bits per heavy atom. The number of aryl methyl sites for hydroxylation is 2.